The summed E-state index contributed by atoms with van der Waals surface area (Å²) in [6.45, 7) is 7.02. The Labute approximate surface area is 221 Å². The molecule has 180 valence electrons. The molecule has 0 fully saturated rings. The lowest BCUT2D eigenvalue weighted by Crippen LogP contribution is -2.09. The van der Waals surface area contributed by atoms with Crippen LogP contribution in [0.3, 0.4) is 0 Å². The molecule has 0 bridgehead atoms. The van der Waals surface area contributed by atoms with Crippen LogP contribution in [0, 0.1) is 5.41 Å². The molecule has 0 heterocycles. The topological polar surface area (TPSA) is 0 Å². The Morgan fingerprint density at radius 3 is 1.19 bits per heavy atom. The minimum Gasteiger partial charge on any atom is -0.0622 e. The first-order valence-electron chi connectivity index (χ1n) is 13.2. The Morgan fingerprint density at radius 1 is 0.432 bits per heavy atom. The Balaban J connectivity index is 1.84. The summed E-state index contributed by atoms with van der Waals surface area (Å²) in [7, 11) is 0. The molecule has 0 radical (unpaired) electrons. The molecule has 0 atom stereocenters. The van der Waals surface area contributed by atoms with E-state index in [0.29, 0.717) is 0 Å². The molecule has 0 amide bonds. The molecule has 0 saturated carbocycles. The normalized spacial score (nSPS) is 12.8. The van der Waals surface area contributed by atoms with Gasteiger partial charge in [0, 0.05) is 0 Å². The van der Waals surface area contributed by atoms with Crippen molar-refractivity contribution in [1.29, 1.82) is 0 Å². The summed E-state index contributed by atoms with van der Waals surface area (Å²) in [5.41, 5.74) is 14.8. The summed E-state index contributed by atoms with van der Waals surface area (Å²) in [6.07, 6.45) is 3.46. The van der Waals surface area contributed by atoms with Crippen LogP contribution in [0.15, 0.2) is 127 Å². The lowest BCUT2D eigenvalue weighted by molar-refractivity contribution is 0.498. The molecule has 6 rings (SSSR count). The quantitative estimate of drug-likeness (QED) is 0.242. The number of rotatable bonds is 4. The van der Waals surface area contributed by atoms with E-state index in [1.807, 2.05) is 0 Å². The summed E-state index contributed by atoms with van der Waals surface area (Å²) in [5.74, 6) is 0. The van der Waals surface area contributed by atoms with Crippen LogP contribution >= 0.6 is 0 Å². The van der Waals surface area contributed by atoms with Crippen molar-refractivity contribution in [2.24, 2.45) is 5.41 Å². The molecule has 0 spiro atoms. The summed E-state index contributed by atoms with van der Waals surface area (Å²) in [6, 6.07) is 43.9. The van der Waals surface area contributed by atoms with Gasteiger partial charge in [0.25, 0.3) is 0 Å². The van der Waals surface area contributed by atoms with Crippen LogP contribution in [0.25, 0.3) is 50.6 Å². The van der Waals surface area contributed by atoms with Crippen LogP contribution in [0.1, 0.15) is 31.9 Å². The molecule has 0 unspecified atom stereocenters. The van der Waals surface area contributed by atoms with E-state index in [1.54, 1.807) is 0 Å². The number of hydrogen-bond acceptors (Lipinski definition) is 0. The zero-order chi connectivity index (χ0) is 25.4. The van der Waals surface area contributed by atoms with Gasteiger partial charge in [0.2, 0.25) is 0 Å². The van der Waals surface area contributed by atoms with Crippen molar-refractivity contribution in [3.05, 3.63) is 138 Å². The molecule has 0 N–H and O–H groups in total. The zero-order valence-corrected chi connectivity index (χ0v) is 21.8. The van der Waals surface area contributed by atoms with Crippen molar-refractivity contribution >= 4 is 6.08 Å². The van der Waals surface area contributed by atoms with E-state index in [9.17, 15) is 0 Å². The Bertz CT molecular complexity index is 1570. The summed E-state index contributed by atoms with van der Waals surface area (Å²) >= 11 is 0. The van der Waals surface area contributed by atoms with Crippen LogP contribution < -0.4 is 0 Å². The summed E-state index contributed by atoms with van der Waals surface area (Å²) < 4.78 is 0. The van der Waals surface area contributed by atoms with Gasteiger partial charge in [-0.25, -0.2) is 0 Å². The molecule has 0 saturated heterocycles. The van der Waals surface area contributed by atoms with E-state index < -0.39 is 0 Å². The molecular formula is C37H32. The molecule has 1 aliphatic rings. The van der Waals surface area contributed by atoms with Crippen molar-refractivity contribution in [3.8, 4) is 44.5 Å². The number of allylic oxidation sites excluding steroid dienone is 1. The highest BCUT2D eigenvalue weighted by atomic mass is 14.4. The minimum absolute atomic E-state index is 0.0980. The Hall–Kier alpha value is -4.16. The van der Waals surface area contributed by atoms with Crippen molar-refractivity contribution in [2.45, 2.75) is 27.2 Å². The molecule has 5 aromatic carbocycles. The van der Waals surface area contributed by atoms with Gasteiger partial charge in [0.05, 0.1) is 0 Å². The first-order valence-corrected chi connectivity index (χ1v) is 13.2. The number of hydrogen-bond donors (Lipinski definition) is 0. The minimum atomic E-state index is 0.0980. The highest BCUT2D eigenvalue weighted by Crippen LogP contribution is 2.53. The van der Waals surface area contributed by atoms with Gasteiger partial charge in [0.1, 0.15) is 0 Å². The SMILES string of the molecule is CC(C)(C)C1=Cc2c(c(-c3ccccc3)c(-c3ccccc3)c(-c3ccccc3)c2-c2ccccc2)C1. The summed E-state index contributed by atoms with van der Waals surface area (Å²) in [5, 5.41) is 0. The van der Waals surface area contributed by atoms with Crippen molar-refractivity contribution in [1.82, 2.24) is 0 Å². The molecular weight excluding hydrogens is 444 g/mol. The maximum absolute atomic E-state index is 2.49. The van der Waals surface area contributed by atoms with Gasteiger partial charge < -0.3 is 0 Å². The van der Waals surface area contributed by atoms with E-state index in [0.717, 1.165) is 6.42 Å². The monoisotopic (exact) mass is 476 g/mol. The van der Waals surface area contributed by atoms with Gasteiger partial charge in [-0.05, 0) is 67.5 Å². The van der Waals surface area contributed by atoms with Crippen LogP contribution in [0.4, 0.5) is 0 Å². The molecule has 37 heavy (non-hydrogen) atoms. The third-order valence-corrected chi connectivity index (χ3v) is 7.55. The van der Waals surface area contributed by atoms with Gasteiger partial charge in [0.15, 0.2) is 0 Å². The second-order valence-corrected chi connectivity index (χ2v) is 11.0. The second kappa shape index (κ2) is 9.37. The van der Waals surface area contributed by atoms with Crippen LogP contribution in [-0.2, 0) is 6.42 Å². The first kappa shape index (κ1) is 23.3. The highest BCUT2D eigenvalue weighted by Gasteiger charge is 2.32. The predicted octanol–water partition coefficient (Wildman–Crippen LogP) is 10.3. The smallest absolute Gasteiger partial charge is 0.00143 e. The van der Waals surface area contributed by atoms with E-state index in [4.69, 9.17) is 0 Å². The lowest BCUT2D eigenvalue weighted by atomic mass is 9.77. The second-order valence-electron chi connectivity index (χ2n) is 11.0. The van der Waals surface area contributed by atoms with Crippen LogP contribution in [0.5, 0.6) is 0 Å². The third-order valence-electron chi connectivity index (χ3n) is 7.55. The van der Waals surface area contributed by atoms with Crippen molar-refractivity contribution < 1.29 is 0 Å². The number of fused-ring (bicyclic) bond motifs is 1. The standard InChI is InChI=1S/C37H32/c1-37(2,3)30-24-31-32(25-30)34(27-18-10-5-11-19-27)36(29-22-14-7-15-23-29)35(28-20-12-6-13-21-28)33(31)26-16-8-4-9-17-26/h4-24H,25H2,1-3H3. The van der Waals surface area contributed by atoms with Crippen molar-refractivity contribution in [2.75, 3.05) is 0 Å². The van der Waals surface area contributed by atoms with Crippen molar-refractivity contribution in [3.63, 3.8) is 0 Å². The maximum atomic E-state index is 2.49. The summed E-state index contributed by atoms with van der Waals surface area (Å²) in [4.78, 5) is 0. The predicted molar refractivity (Wildman–Crippen MR) is 159 cm³/mol. The third kappa shape index (κ3) is 4.23. The van der Waals surface area contributed by atoms with E-state index >= 15 is 0 Å². The molecule has 0 heteroatoms. The van der Waals surface area contributed by atoms with Gasteiger partial charge in [-0.2, -0.15) is 0 Å². The molecule has 5 aromatic rings. The lowest BCUT2D eigenvalue weighted by Gasteiger charge is -2.25. The fraction of sp³-hybridized carbons (Fsp3) is 0.135. The fourth-order valence-electron chi connectivity index (χ4n) is 5.68. The largest absolute Gasteiger partial charge is 0.0622 e. The van der Waals surface area contributed by atoms with E-state index in [2.05, 4.69) is 148 Å². The van der Waals surface area contributed by atoms with Gasteiger partial charge in [-0.1, -0.05) is 154 Å². The van der Waals surface area contributed by atoms with E-state index in [1.165, 1.54) is 61.2 Å². The Morgan fingerprint density at radius 2 is 0.784 bits per heavy atom. The Kier molecular flexibility index (Phi) is 5.89. The van der Waals surface area contributed by atoms with Gasteiger partial charge in [-0.3, -0.25) is 0 Å². The fourth-order valence-corrected chi connectivity index (χ4v) is 5.68. The van der Waals surface area contributed by atoms with Crippen LogP contribution in [-0.4, -0.2) is 0 Å². The maximum Gasteiger partial charge on any atom is -0.00143 e. The first-order chi connectivity index (χ1) is 18.0. The van der Waals surface area contributed by atoms with Gasteiger partial charge in [-0.15, -0.1) is 0 Å². The highest BCUT2D eigenvalue weighted by molar-refractivity contribution is 6.07. The molecule has 1 aliphatic carbocycles. The molecule has 0 nitrogen and oxygen atoms in total. The van der Waals surface area contributed by atoms with E-state index in [-0.39, 0.29) is 5.41 Å². The van der Waals surface area contributed by atoms with Gasteiger partial charge >= 0.3 is 0 Å². The van der Waals surface area contributed by atoms with Crippen LogP contribution in [0.2, 0.25) is 0 Å². The zero-order valence-electron chi connectivity index (χ0n) is 21.8. The molecule has 0 aromatic heterocycles. The average Bonchev–Trinajstić information content (AvgIpc) is 3.39. The molecule has 0 aliphatic heterocycles. The number of benzene rings is 5. The average molecular weight is 477 g/mol.